The third-order valence-corrected chi connectivity index (χ3v) is 6.98. The summed E-state index contributed by atoms with van der Waals surface area (Å²) in [4.78, 5) is 29.8. The zero-order chi connectivity index (χ0) is 33.3. The van der Waals surface area contributed by atoms with Crippen molar-refractivity contribution in [2.24, 2.45) is 5.10 Å². The van der Waals surface area contributed by atoms with Gasteiger partial charge in [-0.25, -0.2) is 10.4 Å². The van der Waals surface area contributed by atoms with Crippen LogP contribution in [0.2, 0.25) is 0 Å². The van der Waals surface area contributed by atoms with Crippen molar-refractivity contribution in [2.45, 2.75) is 51.6 Å². The Balaban J connectivity index is 1.59. The number of alkyl halides is 7. The first-order valence-electron chi connectivity index (χ1n) is 13.5. The van der Waals surface area contributed by atoms with Crippen LogP contribution in [0.3, 0.4) is 0 Å². The van der Waals surface area contributed by atoms with E-state index in [4.69, 9.17) is 4.98 Å². The average molecular weight is 633 g/mol. The summed E-state index contributed by atoms with van der Waals surface area (Å²) in [6.45, 7) is 7.42. The highest BCUT2D eigenvalue weighted by atomic mass is 19.4. The lowest BCUT2D eigenvalue weighted by atomic mass is 9.99. The molecule has 4 rings (SSSR count). The van der Waals surface area contributed by atoms with Crippen molar-refractivity contribution in [3.8, 4) is 11.3 Å². The Morgan fingerprint density at radius 1 is 0.867 bits per heavy atom. The van der Waals surface area contributed by atoms with E-state index in [0.29, 0.717) is 22.5 Å². The maximum absolute atomic E-state index is 13.8. The Hall–Kier alpha value is -4.81. The van der Waals surface area contributed by atoms with Crippen molar-refractivity contribution in [1.29, 1.82) is 0 Å². The predicted molar refractivity (Wildman–Crippen MR) is 157 cm³/mol. The number of amides is 2. The molecule has 2 amide bonds. The van der Waals surface area contributed by atoms with E-state index in [-0.39, 0.29) is 16.8 Å². The number of hydrogen-bond donors (Lipinski definition) is 2. The molecular weight excluding hydrogens is 605 g/mol. The molecule has 2 N–H and O–H groups in total. The molecule has 1 heterocycles. The van der Waals surface area contributed by atoms with Gasteiger partial charge in [-0.1, -0.05) is 61.9 Å². The molecule has 4 aromatic rings. The van der Waals surface area contributed by atoms with Crippen LogP contribution in [0.25, 0.3) is 22.2 Å². The minimum Gasteiger partial charge on any atom is -0.321 e. The van der Waals surface area contributed by atoms with Gasteiger partial charge in [0.1, 0.15) is 0 Å². The molecule has 0 saturated carbocycles. The van der Waals surface area contributed by atoms with Gasteiger partial charge in [0.15, 0.2) is 0 Å². The summed E-state index contributed by atoms with van der Waals surface area (Å²) in [5.74, 6) is -15.8. The summed E-state index contributed by atoms with van der Waals surface area (Å²) in [6, 6.07) is 19.5. The Labute approximate surface area is 253 Å². The van der Waals surface area contributed by atoms with Crippen LogP contribution < -0.4 is 10.7 Å². The maximum atomic E-state index is 13.8. The fraction of sp³-hybridized carbons (Fsp3) is 0.250. The predicted octanol–water partition coefficient (Wildman–Crippen LogP) is 8.26. The summed E-state index contributed by atoms with van der Waals surface area (Å²) in [5.41, 5.74) is 6.33. The number of aryl methyl sites for hydroxylation is 1. The number of aromatic nitrogens is 1. The highest BCUT2D eigenvalue weighted by molar-refractivity contribution is 6.08. The SMILES string of the molecule is C/C(=N/NC(=O)c1cc(-c2ccc(C(C)C)cc2)nc2ccc(C)cc12)c1cccc(NC(=O)C(F)(F)C(F)(F)C(F)(F)F)c1. The fourth-order valence-corrected chi connectivity index (χ4v) is 4.33. The normalized spacial score (nSPS) is 12.8. The van der Waals surface area contributed by atoms with E-state index in [1.165, 1.54) is 24.4 Å². The van der Waals surface area contributed by atoms with Crippen LogP contribution in [-0.4, -0.2) is 40.5 Å². The molecular formula is C32H27F7N4O2. The topological polar surface area (TPSA) is 83.4 Å². The molecule has 0 saturated heterocycles. The number of carbonyl (C=O) groups excluding carboxylic acids is 2. The third kappa shape index (κ3) is 6.81. The van der Waals surface area contributed by atoms with Crippen LogP contribution in [0.15, 0.2) is 77.9 Å². The molecule has 0 bridgehead atoms. The second-order valence-electron chi connectivity index (χ2n) is 10.7. The number of halogens is 7. The number of fused-ring (bicyclic) bond motifs is 1. The minimum atomic E-state index is -6.66. The van der Waals surface area contributed by atoms with E-state index in [9.17, 15) is 40.3 Å². The summed E-state index contributed by atoms with van der Waals surface area (Å²) in [6.07, 6.45) is -6.66. The monoisotopic (exact) mass is 632 g/mol. The third-order valence-electron chi connectivity index (χ3n) is 6.98. The molecule has 0 aliphatic rings. The number of hydrazone groups is 1. The van der Waals surface area contributed by atoms with Crippen LogP contribution in [0.4, 0.5) is 36.4 Å². The zero-order valence-corrected chi connectivity index (χ0v) is 24.4. The Morgan fingerprint density at radius 2 is 1.53 bits per heavy atom. The second kappa shape index (κ2) is 12.3. The zero-order valence-electron chi connectivity index (χ0n) is 24.4. The molecule has 6 nitrogen and oxygen atoms in total. The van der Waals surface area contributed by atoms with Gasteiger partial charge in [0.2, 0.25) is 0 Å². The number of pyridine rings is 1. The summed E-state index contributed by atoms with van der Waals surface area (Å²) in [7, 11) is 0. The van der Waals surface area contributed by atoms with Gasteiger partial charge in [-0.15, -0.1) is 0 Å². The molecule has 0 aliphatic heterocycles. The molecule has 0 radical (unpaired) electrons. The van der Waals surface area contributed by atoms with Crippen LogP contribution in [0.1, 0.15) is 53.7 Å². The van der Waals surface area contributed by atoms with Crippen molar-refractivity contribution in [2.75, 3.05) is 5.32 Å². The lowest BCUT2D eigenvalue weighted by Gasteiger charge is -2.27. The van der Waals surface area contributed by atoms with E-state index < -0.39 is 35.5 Å². The summed E-state index contributed by atoms with van der Waals surface area (Å²) >= 11 is 0. The number of nitrogens with zero attached hydrogens (tertiary/aromatic N) is 2. The lowest BCUT2D eigenvalue weighted by Crippen LogP contribution is -2.57. The van der Waals surface area contributed by atoms with Gasteiger partial charge in [-0.05, 0) is 61.2 Å². The summed E-state index contributed by atoms with van der Waals surface area (Å²) in [5, 5.41) is 5.99. The lowest BCUT2D eigenvalue weighted by molar-refractivity contribution is -0.343. The van der Waals surface area contributed by atoms with E-state index in [0.717, 1.165) is 28.8 Å². The Bertz CT molecular complexity index is 1780. The number of nitrogens with one attached hydrogen (secondary N) is 2. The van der Waals surface area contributed by atoms with Crippen molar-refractivity contribution in [3.05, 3.63) is 95.1 Å². The molecule has 1 aromatic heterocycles. The van der Waals surface area contributed by atoms with Crippen LogP contribution in [0, 0.1) is 6.92 Å². The molecule has 0 unspecified atom stereocenters. The Morgan fingerprint density at radius 3 is 2.16 bits per heavy atom. The van der Waals surface area contributed by atoms with Crippen molar-refractivity contribution in [3.63, 3.8) is 0 Å². The van der Waals surface area contributed by atoms with E-state index in [2.05, 4.69) is 24.4 Å². The standard InChI is InChI=1S/C32H27F7N4O2/c1-17(2)20-9-11-21(12-10-20)27-16-25(24-14-18(3)8-13-26(24)41-27)28(44)43-42-19(4)22-6-5-7-23(15-22)40-29(45)30(33,34)31(35,36)32(37,38)39/h5-17H,1-4H3,(H,40,45)(H,43,44)/b42-19-. The summed E-state index contributed by atoms with van der Waals surface area (Å²) < 4.78 is 91.5. The molecule has 0 fully saturated rings. The highest BCUT2D eigenvalue weighted by Crippen LogP contribution is 2.47. The number of hydrogen-bond acceptors (Lipinski definition) is 4. The van der Waals surface area contributed by atoms with Crippen LogP contribution >= 0.6 is 0 Å². The van der Waals surface area contributed by atoms with Gasteiger partial charge in [0, 0.05) is 16.6 Å². The first-order valence-corrected chi connectivity index (χ1v) is 13.5. The number of carbonyl (C=O) groups is 2. The number of benzene rings is 3. The molecule has 0 spiro atoms. The number of anilines is 1. The van der Waals surface area contributed by atoms with Crippen molar-refractivity contribution in [1.82, 2.24) is 10.4 Å². The Kier molecular flexibility index (Phi) is 9.04. The molecule has 13 heteroatoms. The highest BCUT2D eigenvalue weighted by Gasteiger charge is 2.76. The fourth-order valence-electron chi connectivity index (χ4n) is 4.33. The molecule has 45 heavy (non-hydrogen) atoms. The van der Waals surface area contributed by atoms with Crippen molar-refractivity contribution >= 4 is 34.1 Å². The first-order chi connectivity index (χ1) is 20.9. The number of rotatable bonds is 8. The molecule has 0 atom stereocenters. The quantitative estimate of drug-likeness (QED) is 0.117. The maximum Gasteiger partial charge on any atom is 0.460 e. The molecule has 236 valence electrons. The van der Waals surface area contributed by atoms with Gasteiger partial charge >= 0.3 is 23.9 Å². The van der Waals surface area contributed by atoms with Gasteiger partial charge in [-0.2, -0.15) is 35.8 Å². The van der Waals surface area contributed by atoms with Gasteiger partial charge < -0.3 is 5.32 Å². The van der Waals surface area contributed by atoms with E-state index in [1.807, 2.05) is 37.3 Å². The van der Waals surface area contributed by atoms with Crippen LogP contribution in [-0.2, 0) is 4.79 Å². The van der Waals surface area contributed by atoms with Crippen LogP contribution in [0.5, 0.6) is 0 Å². The van der Waals surface area contributed by atoms with E-state index in [1.54, 1.807) is 18.2 Å². The minimum absolute atomic E-state index is 0.103. The average Bonchev–Trinajstić information content (AvgIpc) is 2.98. The molecule has 3 aromatic carbocycles. The van der Waals surface area contributed by atoms with Gasteiger partial charge in [0.05, 0.1) is 22.5 Å². The molecule has 0 aliphatic carbocycles. The first kappa shape index (κ1) is 33.1. The van der Waals surface area contributed by atoms with E-state index >= 15 is 0 Å². The largest absolute Gasteiger partial charge is 0.460 e. The van der Waals surface area contributed by atoms with Gasteiger partial charge in [-0.3, -0.25) is 9.59 Å². The second-order valence-corrected chi connectivity index (χ2v) is 10.7. The van der Waals surface area contributed by atoms with Crippen molar-refractivity contribution < 1.29 is 40.3 Å². The van der Waals surface area contributed by atoms with Gasteiger partial charge in [0.25, 0.3) is 5.91 Å². The smallest absolute Gasteiger partial charge is 0.321 e.